The van der Waals surface area contributed by atoms with Crippen LogP contribution in [0.4, 0.5) is 5.95 Å². The predicted molar refractivity (Wildman–Crippen MR) is 119 cm³/mol. The fraction of sp³-hybridized carbons (Fsp3) is 0.318. The zero-order chi connectivity index (χ0) is 22.8. The molecule has 1 aliphatic rings. The lowest BCUT2D eigenvalue weighted by molar-refractivity contribution is 0.398. The molecule has 1 fully saturated rings. The molecule has 3 aromatic heterocycles. The van der Waals surface area contributed by atoms with Gasteiger partial charge in [0.15, 0.2) is 11.6 Å². The third kappa shape index (κ3) is 3.87. The van der Waals surface area contributed by atoms with Crippen LogP contribution >= 0.6 is 0 Å². The zero-order valence-corrected chi connectivity index (χ0v) is 18.3. The minimum atomic E-state index is -0.0747. The van der Waals surface area contributed by atoms with E-state index in [1.165, 1.54) is 4.80 Å². The smallest absolute Gasteiger partial charge is 0.227 e. The van der Waals surface area contributed by atoms with E-state index in [0.717, 1.165) is 43.1 Å². The monoisotopic (exact) mass is 442 g/mol. The van der Waals surface area contributed by atoms with Crippen LogP contribution in [0.5, 0.6) is 5.88 Å². The van der Waals surface area contributed by atoms with Crippen molar-refractivity contribution >= 4 is 5.95 Å². The van der Waals surface area contributed by atoms with Crippen LogP contribution in [0.1, 0.15) is 36.7 Å². The summed E-state index contributed by atoms with van der Waals surface area (Å²) in [7, 11) is 3.53. The number of ether oxygens (including phenoxy) is 1. The van der Waals surface area contributed by atoms with Gasteiger partial charge in [-0.15, -0.1) is 25.2 Å². The number of rotatable bonds is 5. The van der Waals surface area contributed by atoms with E-state index < -0.39 is 0 Å². The van der Waals surface area contributed by atoms with Crippen molar-refractivity contribution in [1.82, 2.24) is 40.0 Å². The first-order valence-corrected chi connectivity index (χ1v) is 10.6. The number of pyridine rings is 1. The van der Waals surface area contributed by atoms with Crippen molar-refractivity contribution in [2.45, 2.75) is 25.3 Å². The molecule has 4 heterocycles. The molecule has 1 atom stereocenters. The van der Waals surface area contributed by atoms with E-state index in [0.29, 0.717) is 23.0 Å². The molecule has 5 rings (SSSR count). The number of piperidine rings is 1. The van der Waals surface area contributed by atoms with Crippen molar-refractivity contribution < 1.29 is 4.74 Å². The van der Waals surface area contributed by atoms with E-state index in [1.807, 2.05) is 29.8 Å². The van der Waals surface area contributed by atoms with E-state index in [2.05, 4.69) is 41.6 Å². The Morgan fingerprint density at radius 2 is 2.03 bits per heavy atom. The maximum absolute atomic E-state index is 9.17. The molecule has 0 saturated carbocycles. The molecule has 0 spiro atoms. The topological polar surface area (TPSA) is 123 Å². The fourth-order valence-corrected chi connectivity index (χ4v) is 4.09. The maximum Gasteiger partial charge on any atom is 0.227 e. The summed E-state index contributed by atoms with van der Waals surface area (Å²) in [5.74, 6) is 2.61. The Bertz CT molecular complexity index is 1320. The highest BCUT2D eigenvalue weighted by atomic mass is 16.5. The Hall–Kier alpha value is -4.33. The van der Waals surface area contributed by atoms with Gasteiger partial charge in [0.05, 0.1) is 30.5 Å². The summed E-state index contributed by atoms with van der Waals surface area (Å²) in [6.07, 6.45) is 4.68. The molecular formula is C22H22N10O. The summed E-state index contributed by atoms with van der Waals surface area (Å²) in [6.45, 7) is 0.814. The van der Waals surface area contributed by atoms with Crippen molar-refractivity contribution in [1.29, 1.82) is 5.26 Å². The first-order chi connectivity index (χ1) is 16.2. The second kappa shape index (κ2) is 8.66. The zero-order valence-electron chi connectivity index (χ0n) is 18.3. The first-order valence-electron chi connectivity index (χ1n) is 10.6. The SMILES string of the molecule is COc1cc(-c2nnc(N3CCCC[C@@H]3c3nnn(-c4cccc(C#N)c4)n3)n2C)ccn1. The van der Waals surface area contributed by atoms with Gasteiger partial charge in [0.1, 0.15) is 0 Å². The average molecular weight is 442 g/mol. The van der Waals surface area contributed by atoms with Crippen LogP contribution in [-0.4, -0.2) is 53.6 Å². The molecule has 33 heavy (non-hydrogen) atoms. The Morgan fingerprint density at radius 1 is 1.12 bits per heavy atom. The van der Waals surface area contributed by atoms with Crippen LogP contribution in [0.25, 0.3) is 17.1 Å². The second-order valence-electron chi connectivity index (χ2n) is 7.77. The molecule has 0 bridgehead atoms. The predicted octanol–water partition coefficient (Wildman–Crippen LogP) is 2.46. The minimum absolute atomic E-state index is 0.0747. The molecular weight excluding hydrogens is 420 g/mol. The highest BCUT2D eigenvalue weighted by Gasteiger charge is 2.31. The van der Waals surface area contributed by atoms with Gasteiger partial charge in [0.25, 0.3) is 0 Å². The maximum atomic E-state index is 9.17. The lowest BCUT2D eigenvalue weighted by Gasteiger charge is -2.34. The molecule has 11 nitrogen and oxygen atoms in total. The molecule has 0 aliphatic carbocycles. The van der Waals surface area contributed by atoms with Gasteiger partial charge in [-0.2, -0.15) is 5.26 Å². The van der Waals surface area contributed by atoms with E-state index in [1.54, 1.807) is 31.5 Å². The van der Waals surface area contributed by atoms with Crippen LogP contribution in [0, 0.1) is 11.3 Å². The lowest BCUT2D eigenvalue weighted by Crippen LogP contribution is -2.36. The number of methoxy groups -OCH3 is 1. The van der Waals surface area contributed by atoms with Crippen LogP contribution in [0.3, 0.4) is 0 Å². The molecule has 1 aromatic carbocycles. The van der Waals surface area contributed by atoms with Crippen LogP contribution in [-0.2, 0) is 7.05 Å². The van der Waals surface area contributed by atoms with Gasteiger partial charge >= 0.3 is 0 Å². The molecule has 0 unspecified atom stereocenters. The number of aromatic nitrogens is 8. The third-order valence-electron chi connectivity index (χ3n) is 5.75. The number of nitriles is 1. The number of benzene rings is 1. The van der Waals surface area contributed by atoms with Crippen molar-refractivity contribution in [3.05, 3.63) is 54.0 Å². The van der Waals surface area contributed by atoms with Gasteiger partial charge in [-0.25, -0.2) is 4.98 Å². The van der Waals surface area contributed by atoms with Crippen LogP contribution in [0.2, 0.25) is 0 Å². The van der Waals surface area contributed by atoms with E-state index >= 15 is 0 Å². The van der Waals surface area contributed by atoms with Crippen molar-refractivity contribution in [3.63, 3.8) is 0 Å². The van der Waals surface area contributed by atoms with E-state index in [4.69, 9.17) is 4.74 Å². The summed E-state index contributed by atoms with van der Waals surface area (Å²) in [4.78, 5) is 7.82. The molecule has 0 amide bonds. The molecule has 11 heteroatoms. The molecule has 0 radical (unpaired) electrons. The summed E-state index contributed by atoms with van der Waals surface area (Å²) in [5.41, 5.74) is 2.12. The standard InChI is InChI=1S/C22H22N10O/c1-30-21(16-9-10-24-19(13-16)33-2)26-27-22(30)31-11-4-3-8-18(31)20-25-29-32(28-20)17-7-5-6-15(12-17)14-23/h5-7,9-10,12-13,18H,3-4,8,11H2,1-2H3/t18-/m1/s1. The number of nitrogens with zero attached hydrogens (tertiary/aromatic N) is 10. The van der Waals surface area contributed by atoms with Crippen molar-refractivity contribution in [3.8, 4) is 29.0 Å². The van der Waals surface area contributed by atoms with Crippen LogP contribution in [0.15, 0.2) is 42.6 Å². The Labute approximate surface area is 190 Å². The van der Waals surface area contributed by atoms with E-state index in [9.17, 15) is 5.26 Å². The van der Waals surface area contributed by atoms with Gasteiger partial charge < -0.3 is 9.64 Å². The molecule has 166 valence electrons. The summed E-state index contributed by atoms with van der Waals surface area (Å²) >= 11 is 0. The first kappa shape index (κ1) is 20.6. The molecule has 1 saturated heterocycles. The normalized spacial score (nSPS) is 15.9. The highest BCUT2D eigenvalue weighted by molar-refractivity contribution is 5.58. The van der Waals surface area contributed by atoms with Gasteiger partial charge in [0, 0.05) is 31.4 Å². The highest BCUT2D eigenvalue weighted by Crippen LogP contribution is 2.34. The minimum Gasteiger partial charge on any atom is -0.481 e. The summed E-state index contributed by atoms with van der Waals surface area (Å²) in [5, 5.41) is 31.3. The number of anilines is 1. The second-order valence-corrected chi connectivity index (χ2v) is 7.77. The number of tetrazole rings is 1. The van der Waals surface area contributed by atoms with Gasteiger partial charge in [-0.1, -0.05) is 6.07 Å². The van der Waals surface area contributed by atoms with Gasteiger partial charge in [0.2, 0.25) is 11.8 Å². The van der Waals surface area contributed by atoms with Gasteiger partial charge in [-0.05, 0) is 48.7 Å². The average Bonchev–Trinajstić information content (AvgIpc) is 3.51. The van der Waals surface area contributed by atoms with E-state index in [-0.39, 0.29) is 6.04 Å². The Kier molecular flexibility index (Phi) is 5.40. The Morgan fingerprint density at radius 3 is 2.88 bits per heavy atom. The largest absolute Gasteiger partial charge is 0.481 e. The number of hydrogen-bond acceptors (Lipinski definition) is 9. The third-order valence-corrected chi connectivity index (χ3v) is 5.75. The van der Waals surface area contributed by atoms with Crippen LogP contribution < -0.4 is 9.64 Å². The van der Waals surface area contributed by atoms with Crippen molar-refractivity contribution in [2.24, 2.45) is 7.05 Å². The molecule has 4 aromatic rings. The summed E-state index contributed by atoms with van der Waals surface area (Å²) in [6, 6.07) is 12.9. The van der Waals surface area contributed by atoms with Gasteiger partial charge in [-0.3, -0.25) is 4.57 Å². The summed E-state index contributed by atoms with van der Waals surface area (Å²) < 4.78 is 7.21. The molecule has 1 aliphatic heterocycles. The quantitative estimate of drug-likeness (QED) is 0.458. The fourth-order valence-electron chi connectivity index (χ4n) is 4.09. The van der Waals surface area contributed by atoms with Crippen molar-refractivity contribution in [2.75, 3.05) is 18.6 Å². The number of hydrogen-bond donors (Lipinski definition) is 0. The Balaban J connectivity index is 1.46. The lowest BCUT2D eigenvalue weighted by atomic mass is 10.0. The molecule has 0 N–H and O–H groups in total.